The van der Waals surface area contributed by atoms with Crippen molar-refractivity contribution in [2.45, 2.75) is 72.6 Å². The number of imidazole rings is 1. The Kier molecular flexibility index (Phi) is 7.23. The SMILES string of the molecule is CCn1nc(C)cc1Nc1nc2cc(C(N)=O)ccc2n1CCC1CCN(C(=O)OC(C)(C)C)CC1. The highest BCUT2D eigenvalue weighted by atomic mass is 16.6. The highest BCUT2D eigenvalue weighted by molar-refractivity contribution is 5.96. The van der Waals surface area contributed by atoms with Crippen molar-refractivity contribution in [3.63, 3.8) is 0 Å². The maximum absolute atomic E-state index is 12.4. The third-order valence-corrected chi connectivity index (χ3v) is 6.50. The van der Waals surface area contributed by atoms with Crippen LogP contribution in [-0.4, -0.2) is 54.9 Å². The van der Waals surface area contributed by atoms with Crippen molar-refractivity contribution < 1.29 is 14.3 Å². The first-order chi connectivity index (χ1) is 17.0. The van der Waals surface area contributed by atoms with E-state index in [4.69, 9.17) is 15.5 Å². The first-order valence-electron chi connectivity index (χ1n) is 12.6. The van der Waals surface area contributed by atoms with Crippen LogP contribution in [0.15, 0.2) is 24.3 Å². The lowest BCUT2D eigenvalue weighted by atomic mass is 9.93. The van der Waals surface area contributed by atoms with Crippen LogP contribution in [0.1, 0.15) is 63.0 Å². The second-order valence-electron chi connectivity index (χ2n) is 10.5. The number of anilines is 2. The number of aryl methyl sites for hydroxylation is 3. The number of rotatable bonds is 7. The van der Waals surface area contributed by atoms with Crippen LogP contribution < -0.4 is 11.1 Å². The van der Waals surface area contributed by atoms with Crippen molar-refractivity contribution in [3.8, 4) is 0 Å². The fourth-order valence-corrected chi connectivity index (χ4v) is 4.65. The van der Waals surface area contributed by atoms with Crippen molar-refractivity contribution in [1.29, 1.82) is 0 Å². The number of piperidine rings is 1. The van der Waals surface area contributed by atoms with Gasteiger partial charge in [0, 0.05) is 37.8 Å². The van der Waals surface area contributed by atoms with E-state index >= 15 is 0 Å². The minimum Gasteiger partial charge on any atom is -0.444 e. The Bertz CT molecular complexity index is 1250. The van der Waals surface area contributed by atoms with Crippen LogP contribution in [0.4, 0.5) is 16.6 Å². The lowest BCUT2D eigenvalue weighted by Crippen LogP contribution is -2.41. The molecule has 1 aromatic carbocycles. The van der Waals surface area contributed by atoms with Crippen LogP contribution in [0.5, 0.6) is 0 Å². The molecule has 10 nitrogen and oxygen atoms in total. The molecule has 36 heavy (non-hydrogen) atoms. The van der Waals surface area contributed by atoms with Gasteiger partial charge in [-0.15, -0.1) is 0 Å². The molecule has 3 aromatic rings. The Morgan fingerprint density at radius 3 is 2.56 bits per heavy atom. The molecule has 1 saturated heterocycles. The van der Waals surface area contributed by atoms with Gasteiger partial charge < -0.3 is 25.3 Å². The predicted octanol–water partition coefficient (Wildman–Crippen LogP) is 4.44. The van der Waals surface area contributed by atoms with E-state index in [-0.39, 0.29) is 6.09 Å². The number of carbonyl (C=O) groups is 2. The molecule has 1 aliphatic heterocycles. The smallest absolute Gasteiger partial charge is 0.410 e. The topological polar surface area (TPSA) is 120 Å². The van der Waals surface area contributed by atoms with Crippen LogP contribution in [0, 0.1) is 12.8 Å². The number of fused-ring (bicyclic) bond motifs is 1. The molecule has 0 spiro atoms. The maximum atomic E-state index is 12.4. The minimum absolute atomic E-state index is 0.235. The Morgan fingerprint density at radius 1 is 1.19 bits per heavy atom. The minimum atomic E-state index is -0.486. The summed E-state index contributed by atoms with van der Waals surface area (Å²) in [6.45, 7) is 12.6. The van der Waals surface area contributed by atoms with Gasteiger partial charge in [-0.2, -0.15) is 5.10 Å². The molecule has 1 fully saturated rings. The molecular weight excluding hydrogens is 458 g/mol. The van der Waals surface area contributed by atoms with Gasteiger partial charge in [0.05, 0.1) is 16.7 Å². The molecule has 0 atom stereocenters. The van der Waals surface area contributed by atoms with Crippen LogP contribution in [0.25, 0.3) is 11.0 Å². The molecule has 2 amide bonds. The van der Waals surface area contributed by atoms with E-state index in [0.29, 0.717) is 36.0 Å². The monoisotopic (exact) mass is 495 g/mol. The third-order valence-electron chi connectivity index (χ3n) is 6.50. The number of amides is 2. The molecule has 3 heterocycles. The molecule has 4 rings (SSSR count). The Morgan fingerprint density at radius 2 is 1.92 bits per heavy atom. The fraction of sp³-hybridized carbons (Fsp3) is 0.538. The largest absolute Gasteiger partial charge is 0.444 e. The van der Waals surface area contributed by atoms with Crippen LogP contribution in [0.2, 0.25) is 0 Å². The number of nitrogens with one attached hydrogen (secondary N) is 1. The second kappa shape index (κ2) is 10.2. The molecule has 3 N–H and O–H groups in total. The van der Waals surface area contributed by atoms with E-state index in [2.05, 4.69) is 15.0 Å². The molecule has 0 aliphatic carbocycles. The van der Waals surface area contributed by atoms with Gasteiger partial charge in [-0.25, -0.2) is 14.5 Å². The summed E-state index contributed by atoms with van der Waals surface area (Å²) in [7, 11) is 0. The number of likely N-dealkylation sites (tertiary alicyclic amines) is 1. The van der Waals surface area contributed by atoms with Crippen LogP contribution in [-0.2, 0) is 17.8 Å². The third kappa shape index (κ3) is 5.80. The van der Waals surface area contributed by atoms with Gasteiger partial charge in [-0.1, -0.05) is 0 Å². The number of nitrogens with two attached hydrogens (primary N) is 1. The van der Waals surface area contributed by atoms with Gasteiger partial charge in [0.1, 0.15) is 11.4 Å². The standard InChI is InChI=1S/C26H37N7O3/c1-6-33-22(15-17(2)30-33)29-24-28-20-16-19(23(27)34)7-8-21(20)32(24)14-11-18-9-12-31(13-10-18)25(35)36-26(3,4)5/h7-8,15-16,18H,6,9-14H2,1-5H3,(H2,27,34)(H,28,29). The summed E-state index contributed by atoms with van der Waals surface area (Å²) < 4.78 is 9.58. The lowest BCUT2D eigenvalue weighted by Gasteiger charge is -2.33. The molecule has 194 valence electrons. The normalized spacial score (nSPS) is 14.9. The maximum Gasteiger partial charge on any atom is 0.410 e. The van der Waals surface area contributed by atoms with Crippen LogP contribution >= 0.6 is 0 Å². The highest BCUT2D eigenvalue weighted by Crippen LogP contribution is 2.28. The summed E-state index contributed by atoms with van der Waals surface area (Å²) >= 11 is 0. The Labute approximate surface area is 211 Å². The molecule has 0 bridgehead atoms. The summed E-state index contributed by atoms with van der Waals surface area (Å²) in [6.07, 6.45) is 2.58. The first-order valence-corrected chi connectivity index (χ1v) is 12.6. The van der Waals surface area contributed by atoms with E-state index in [0.717, 1.165) is 49.4 Å². The average Bonchev–Trinajstić information content (AvgIpc) is 3.35. The zero-order valence-electron chi connectivity index (χ0n) is 21.9. The van der Waals surface area contributed by atoms with Crippen molar-refractivity contribution in [2.75, 3.05) is 18.4 Å². The summed E-state index contributed by atoms with van der Waals surface area (Å²) in [4.78, 5) is 30.7. The van der Waals surface area contributed by atoms with Crippen LogP contribution in [0.3, 0.4) is 0 Å². The van der Waals surface area contributed by atoms with E-state index < -0.39 is 11.5 Å². The fourth-order valence-electron chi connectivity index (χ4n) is 4.65. The molecular formula is C26H37N7O3. The number of hydrogen-bond acceptors (Lipinski definition) is 6. The Balaban J connectivity index is 1.51. The molecule has 0 unspecified atom stereocenters. The number of primary amides is 1. The van der Waals surface area contributed by atoms with Gasteiger partial charge in [-0.3, -0.25) is 4.79 Å². The molecule has 10 heteroatoms. The Hall–Kier alpha value is -3.56. The number of hydrogen-bond donors (Lipinski definition) is 2. The number of aromatic nitrogens is 4. The number of carbonyl (C=O) groups excluding carboxylic acids is 2. The quantitative estimate of drug-likeness (QED) is 0.500. The lowest BCUT2D eigenvalue weighted by molar-refractivity contribution is 0.0180. The van der Waals surface area contributed by atoms with Gasteiger partial charge in [0.25, 0.3) is 0 Å². The first kappa shape index (κ1) is 25.5. The second-order valence-corrected chi connectivity index (χ2v) is 10.5. The van der Waals surface area contributed by atoms with Crippen molar-refractivity contribution >= 4 is 34.8 Å². The van der Waals surface area contributed by atoms with E-state index in [1.54, 1.807) is 17.0 Å². The van der Waals surface area contributed by atoms with E-state index in [1.807, 2.05) is 51.4 Å². The van der Waals surface area contributed by atoms with Gasteiger partial charge in [0.15, 0.2) is 0 Å². The van der Waals surface area contributed by atoms with Gasteiger partial charge >= 0.3 is 6.09 Å². The summed E-state index contributed by atoms with van der Waals surface area (Å²) in [6, 6.07) is 7.38. The summed E-state index contributed by atoms with van der Waals surface area (Å²) in [5, 5.41) is 7.97. The number of ether oxygens (including phenoxy) is 1. The zero-order valence-corrected chi connectivity index (χ0v) is 21.9. The molecule has 2 aromatic heterocycles. The average molecular weight is 496 g/mol. The zero-order chi connectivity index (χ0) is 26.0. The highest BCUT2D eigenvalue weighted by Gasteiger charge is 2.27. The van der Waals surface area contributed by atoms with Crippen molar-refractivity contribution in [2.24, 2.45) is 11.7 Å². The van der Waals surface area contributed by atoms with Crippen molar-refractivity contribution in [3.05, 3.63) is 35.5 Å². The van der Waals surface area contributed by atoms with Gasteiger partial charge in [-0.05, 0) is 78.0 Å². The van der Waals surface area contributed by atoms with Gasteiger partial charge in [0.2, 0.25) is 11.9 Å². The summed E-state index contributed by atoms with van der Waals surface area (Å²) in [5.74, 6) is 1.58. The molecule has 1 aliphatic rings. The van der Waals surface area contributed by atoms with Crippen molar-refractivity contribution in [1.82, 2.24) is 24.2 Å². The molecule has 0 saturated carbocycles. The molecule has 0 radical (unpaired) electrons. The van der Waals surface area contributed by atoms with E-state index in [1.165, 1.54) is 0 Å². The number of benzene rings is 1. The number of nitrogens with zero attached hydrogens (tertiary/aromatic N) is 5. The van der Waals surface area contributed by atoms with E-state index in [9.17, 15) is 9.59 Å². The predicted molar refractivity (Wildman–Crippen MR) is 139 cm³/mol. The summed E-state index contributed by atoms with van der Waals surface area (Å²) in [5.41, 5.74) is 8.02.